The van der Waals surface area contributed by atoms with Gasteiger partial charge in [0, 0.05) is 25.8 Å². The maximum atomic E-state index is 11.8. The molecular weight excluding hydrogens is 364 g/mol. The summed E-state index contributed by atoms with van der Waals surface area (Å²) >= 11 is 0. The first kappa shape index (κ1) is 22.2. The lowest BCUT2D eigenvalue weighted by Gasteiger charge is -2.19. The fraction of sp³-hybridized carbons (Fsp3) is 0.800. The molecular formula is C20H32N2O6. The average molecular weight is 396 g/mol. The topological polar surface area (TPSA) is 102 Å². The number of amides is 3. The smallest absolute Gasteiger partial charge is 0.407 e. The van der Waals surface area contributed by atoms with Gasteiger partial charge >= 0.3 is 12.1 Å². The molecule has 1 aliphatic heterocycles. The maximum Gasteiger partial charge on any atom is 0.407 e. The van der Waals surface area contributed by atoms with Gasteiger partial charge in [-0.15, -0.1) is 5.06 Å². The molecule has 0 spiro atoms. The third-order valence-electron chi connectivity index (χ3n) is 5.20. The SMILES string of the molecule is O=C(CCCCCNC(=O)OCC1CCCCCCC1)ON1C(=O)CCC1=O. The summed E-state index contributed by atoms with van der Waals surface area (Å²) < 4.78 is 5.32. The Kier molecular flexibility index (Phi) is 9.79. The lowest BCUT2D eigenvalue weighted by molar-refractivity contribution is -0.197. The van der Waals surface area contributed by atoms with Crippen molar-refractivity contribution in [3.05, 3.63) is 0 Å². The second kappa shape index (κ2) is 12.4. The molecule has 1 saturated heterocycles. The zero-order valence-corrected chi connectivity index (χ0v) is 16.6. The number of hydroxylamine groups is 2. The zero-order chi connectivity index (χ0) is 20.2. The molecule has 158 valence electrons. The van der Waals surface area contributed by atoms with E-state index in [0.717, 1.165) is 19.3 Å². The molecule has 8 heteroatoms. The summed E-state index contributed by atoms with van der Waals surface area (Å²) in [4.78, 5) is 50.9. The summed E-state index contributed by atoms with van der Waals surface area (Å²) in [5.74, 6) is -1.05. The summed E-state index contributed by atoms with van der Waals surface area (Å²) in [6.45, 7) is 0.979. The van der Waals surface area contributed by atoms with Gasteiger partial charge < -0.3 is 14.9 Å². The highest BCUT2D eigenvalue weighted by Gasteiger charge is 2.32. The minimum Gasteiger partial charge on any atom is -0.449 e. The van der Waals surface area contributed by atoms with Crippen molar-refractivity contribution < 1.29 is 28.8 Å². The Morgan fingerprint density at radius 2 is 1.57 bits per heavy atom. The molecule has 1 saturated carbocycles. The van der Waals surface area contributed by atoms with E-state index in [9.17, 15) is 19.2 Å². The van der Waals surface area contributed by atoms with Gasteiger partial charge in [0.05, 0.1) is 6.61 Å². The van der Waals surface area contributed by atoms with Crippen molar-refractivity contribution in [2.75, 3.05) is 13.2 Å². The van der Waals surface area contributed by atoms with Gasteiger partial charge in [-0.05, 0) is 31.6 Å². The van der Waals surface area contributed by atoms with Crippen LogP contribution in [0.15, 0.2) is 0 Å². The molecule has 2 aliphatic rings. The molecule has 1 heterocycles. The van der Waals surface area contributed by atoms with Gasteiger partial charge in [0.15, 0.2) is 0 Å². The molecule has 2 rings (SSSR count). The van der Waals surface area contributed by atoms with E-state index < -0.39 is 17.8 Å². The Balaban J connectivity index is 1.46. The van der Waals surface area contributed by atoms with Crippen LogP contribution >= 0.6 is 0 Å². The number of rotatable bonds is 9. The Labute approximate surface area is 166 Å². The molecule has 1 N–H and O–H groups in total. The molecule has 0 bridgehead atoms. The first-order valence-electron chi connectivity index (χ1n) is 10.5. The summed E-state index contributed by atoms with van der Waals surface area (Å²) in [7, 11) is 0. The molecule has 0 atom stereocenters. The van der Waals surface area contributed by atoms with E-state index in [1.807, 2.05) is 0 Å². The predicted octanol–water partition coefficient (Wildman–Crippen LogP) is 3.24. The van der Waals surface area contributed by atoms with Gasteiger partial charge in [-0.3, -0.25) is 9.59 Å². The van der Waals surface area contributed by atoms with Crippen molar-refractivity contribution in [2.24, 2.45) is 5.92 Å². The highest BCUT2D eigenvalue weighted by atomic mass is 16.7. The lowest BCUT2D eigenvalue weighted by Crippen LogP contribution is -2.32. The summed E-state index contributed by atoms with van der Waals surface area (Å²) in [5.41, 5.74) is 0. The summed E-state index contributed by atoms with van der Waals surface area (Å²) in [6, 6.07) is 0. The number of carbonyl (C=O) groups is 4. The Bertz CT molecular complexity index is 527. The summed E-state index contributed by atoms with van der Waals surface area (Å²) in [6.07, 6.45) is 10.5. The first-order chi connectivity index (χ1) is 13.6. The van der Waals surface area contributed by atoms with Crippen molar-refractivity contribution in [1.82, 2.24) is 10.4 Å². The van der Waals surface area contributed by atoms with Crippen molar-refractivity contribution in [3.8, 4) is 0 Å². The number of ether oxygens (including phenoxy) is 1. The largest absolute Gasteiger partial charge is 0.449 e. The van der Waals surface area contributed by atoms with Gasteiger partial charge in [0.25, 0.3) is 11.8 Å². The quantitative estimate of drug-likeness (QED) is 0.474. The molecule has 2 fully saturated rings. The highest BCUT2D eigenvalue weighted by Crippen LogP contribution is 2.22. The number of nitrogens with zero attached hydrogens (tertiary/aromatic N) is 1. The number of hydrogen-bond donors (Lipinski definition) is 1. The minimum atomic E-state index is -0.588. The van der Waals surface area contributed by atoms with Crippen LogP contribution in [0, 0.1) is 5.92 Å². The standard InChI is InChI=1S/C20H32N2O6/c23-17-12-13-18(24)22(17)28-19(25)11-7-4-8-14-21-20(26)27-15-16-9-5-2-1-3-6-10-16/h16H,1-15H2,(H,21,26). The highest BCUT2D eigenvalue weighted by molar-refractivity contribution is 6.01. The van der Waals surface area contributed by atoms with Crippen LogP contribution in [0.4, 0.5) is 4.79 Å². The van der Waals surface area contributed by atoms with Gasteiger partial charge in [0.1, 0.15) is 0 Å². The van der Waals surface area contributed by atoms with E-state index in [1.165, 1.54) is 32.1 Å². The van der Waals surface area contributed by atoms with Crippen molar-refractivity contribution in [3.63, 3.8) is 0 Å². The number of nitrogens with one attached hydrogen (secondary N) is 1. The van der Waals surface area contributed by atoms with Crippen LogP contribution in [-0.4, -0.2) is 42.1 Å². The van der Waals surface area contributed by atoms with Crippen LogP contribution in [-0.2, 0) is 24.0 Å². The maximum absolute atomic E-state index is 11.8. The Hall–Kier alpha value is -2.12. The van der Waals surface area contributed by atoms with Crippen LogP contribution < -0.4 is 5.32 Å². The van der Waals surface area contributed by atoms with Crippen LogP contribution in [0.2, 0.25) is 0 Å². The molecule has 0 aromatic heterocycles. The fourth-order valence-electron chi connectivity index (χ4n) is 3.52. The second-order valence-corrected chi connectivity index (χ2v) is 7.59. The van der Waals surface area contributed by atoms with E-state index >= 15 is 0 Å². The monoisotopic (exact) mass is 396 g/mol. The minimum absolute atomic E-state index is 0.0919. The normalized spacial score (nSPS) is 18.5. The van der Waals surface area contributed by atoms with Crippen LogP contribution in [0.5, 0.6) is 0 Å². The van der Waals surface area contributed by atoms with Crippen LogP contribution in [0.3, 0.4) is 0 Å². The van der Waals surface area contributed by atoms with Crippen LogP contribution in [0.1, 0.15) is 83.5 Å². The fourth-order valence-corrected chi connectivity index (χ4v) is 3.52. The first-order valence-corrected chi connectivity index (χ1v) is 10.5. The Morgan fingerprint density at radius 1 is 0.929 bits per heavy atom. The van der Waals surface area contributed by atoms with Crippen molar-refractivity contribution >= 4 is 23.9 Å². The molecule has 0 aromatic carbocycles. The number of imide groups is 1. The Morgan fingerprint density at radius 3 is 2.25 bits per heavy atom. The molecule has 0 unspecified atom stereocenters. The summed E-state index contributed by atoms with van der Waals surface area (Å²) in [5, 5.41) is 3.30. The third kappa shape index (κ3) is 8.27. The molecule has 1 aliphatic carbocycles. The predicted molar refractivity (Wildman–Crippen MR) is 101 cm³/mol. The molecule has 28 heavy (non-hydrogen) atoms. The van der Waals surface area contributed by atoms with Crippen LogP contribution in [0.25, 0.3) is 0 Å². The third-order valence-corrected chi connectivity index (χ3v) is 5.20. The van der Waals surface area contributed by atoms with Gasteiger partial charge in [0.2, 0.25) is 0 Å². The van der Waals surface area contributed by atoms with E-state index in [1.54, 1.807) is 0 Å². The van der Waals surface area contributed by atoms with Gasteiger partial charge in [-0.2, -0.15) is 0 Å². The number of unbranched alkanes of at least 4 members (excludes halogenated alkanes) is 2. The van der Waals surface area contributed by atoms with E-state index in [0.29, 0.717) is 37.0 Å². The van der Waals surface area contributed by atoms with Crippen molar-refractivity contribution in [1.29, 1.82) is 0 Å². The van der Waals surface area contributed by atoms with E-state index in [2.05, 4.69) is 5.32 Å². The van der Waals surface area contributed by atoms with E-state index in [-0.39, 0.29) is 25.4 Å². The number of hydrogen-bond acceptors (Lipinski definition) is 6. The number of alkyl carbamates (subject to hydrolysis) is 1. The lowest BCUT2D eigenvalue weighted by atomic mass is 9.92. The van der Waals surface area contributed by atoms with Crippen molar-refractivity contribution in [2.45, 2.75) is 83.5 Å². The molecule has 3 amide bonds. The number of carbonyl (C=O) groups excluding carboxylic acids is 4. The molecule has 0 radical (unpaired) electrons. The van der Waals surface area contributed by atoms with Gasteiger partial charge in [-0.1, -0.05) is 38.5 Å². The second-order valence-electron chi connectivity index (χ2n) is 7.59. The van der Waals surface area contributed by atoms with E-state index in [4.69, 9.17) is 9.57 Å². The average Bonchev–Trinajstić information content (AvgIpc) is 2.95. The molecule has 8 nitrogen and oxygen atoms in total. The van der Waals surface area contributed by atoms with Gasteiger partial charge in [-0.25, -0.2) is 9.59 Å². The molecule has 0 aromatic rings. The zero-order valence-electron chi connectivity index (χ0n) is 16.6.